The fourth-order valence-corrected chi connectivity index (χ4v) is 5.58. The molecular formula is C27H24N4O9. The van der Waals surface area contributed by atoms with E-state index < -0.39 is 53.3 Å². The van der Waals surface area contributed by atoms with Gasteiger partial charge >= 0.3 is 5.97 Å². The molecule has 0 radical (unpaired) electrons. The molecule has 2 aliphatic heterocycles. The molecule has 0 spiro atoms. The summed E-state index contributed by atoms with van der Waals surface area (Å²) in [5, 5.41) is 14.5. The minimum absolute atomic E-state index is 0.0202. The maximum atomic E-state index is 14.1. The predicted octanol–water partition coefficient (Wildman–Crippen LogP) is 0.214. The van der Waals surface area contributed by atoms with Crippen molar-refractivity contribution in [1.82, 2.24) is 10.6 Å². The van der Waals surface area contributed by atoms with E-state index in [1.54, 1.807) is 30.3 Å². The number of fused-ring (bicyclic) bond motifs is 3. The van der Waals surface area contributed by atoms with Crippen molar-refractivity contribution in [3.8, 4) is 11.5 Å². The van der Waals surface area contributed by atoms with Crippen LogP contribution in [0.3, 0.4) is 0 Å². The average molecular weight is 549 g/mol. The van der Waals surface area contributed by atoms with E-state index in [4.69, 9.17) is 9.47 Å². The van der Waals surface area contributed by atoms with Gasteiger partial charge < -0.3 is 34.9 Å². The molecular weight excluding hydrogens is 524 g/mol. The number of ether oxygens (including phenoxy) is 2. The minimum Gasteiger partial charge on any atom is -0.481 e. The quantitative estimate of drug-likeness (QED) is 0.409. The largest absolute Gasteiger partial charge is 0.481 e. The topological polar surface area (TPSA) is 172 Å². The number of nitrogens with one attached hydrogen (secondary N) is 2. The Bertz CT molecular complexity index is 1510. The molecule has 4 amide bonds. The van der Waals surface area contributed by atoms with Gasteiger partial charge in [0.1, 0.15) is 23.9 Å². The predicted molar refractivity (Wildman–Crippen MR) is 136 cm³/mol. The summed E-state index contributed by atoms with van der Waals surface area (Å²) >= 11 is 0. The van der Waals surface area contributed by atoms with Gasteiger partial charge in [-0.3, -0.25) is 28.9 Å². The minimum atomic E-state index is -1.55. The Morgan fingerprint density at radius 3 is 2.45 bits per heavy atom. The number of aliphatic carboxylic acids is 1. The van der Waals surface area contributed by atoms with E-state index in [0.29, 0.717) is 23.5 Å². The standard InChI is InChI=1S/C27H24N4O9/c1-14(33)31-18-5-3-2-4-17(18)30(11-22(34)28-26(12-32)9-16(26)24(36)37)25(38)27(10-21(27)31)29-23(35)15-6-7-19-20(8-15)40-13-39-19/h2-8,12,16,21H,9-11,13H2,1H3,(H,28,34)(H,29,35)(H,36,37)/t16?,21-,26?,27+/m0/s1. The zero-order chi connectivity index (χ0) is 28.4. The van der Waals surface area contributed by atoms with Crippen molar-refractivity contribution >= 4 is 47.3 Å². The summed E-state index contributed by atoms with van der Waals surface area (Å²) in [4.78, 5) is 79.0. The van der Waals surface area contributed by atoms with Crippen LogP contribution in [0, 0.1) is 5.92 Å². The number of para-hydroxylation sites is 2. The number of aldehydes is 1. The van der Waals surface area contributed by atoms with Crippen LogP contribution in [-0.4, -0.2) is 71.4 Å². The Kier molecular flexibility index (Phi) is 5.57. The molecule has 2 fully saturated rings. The van der Waals surface area contributed by atoms with Gasteiger partial charge in [-0.2, -0.15) is 0 Å². The van der Waals surface area contributed by atoms with Crippen molar-refractivity contribution in [2.75, 3.05) is 23.1 Å². The third kappa shape index (κ3) is 3.84. The number of nitrogens with zero attached hydrogens (tertiary/aromatic N) is 2. The second-order valence-corrected chi connectivity index (χ2v) is 10.3. The molecule has 6 rings (SSSR count). The summed E-state index contributed by atoms with van der Waals surface area (Å²) in [6.07, 6.45) is 0.439. The first-order chi connectivity index (χ1) is 19.1. The Balaban J connectivity index is 1.33. The van der Waals surface area contributed by atoms with Crippen molar-refractivity contribution < 1.29 is 43.3 Å². The third-order valence-electron chi connectivity index (χ3n) is 7.79. The van der Waals surface area contributed by atoms with E-state index in [0.717, 1.165) is 4.90 Å². The molecule has 2 aliphatic carbocycles. The number of hydrogen-bond acceptors (Lipinski definition) is 8. The summed E-state index contributed by atoms with van der Waals surface area (Å²) in [6.45, 7) is 0.795. The Morgan fingerprint density at radius 2 is 1.77 bits per heavy atom. The molecule has 2 aromatic rings. The van der Waals surface area contributed by atoms with Crippen molar-refractivity contribution in [3.63, 3.8) is 0 Å². The van der Waals surface area contributed by atoms with Crippen LogP contribution in [0.5, 0.6) is 11.5 Å². The third-order valence-corrected chi connectivity index (χ3v) is 7.79. The number of carbonyl (C=O) groups excluding carboxylic acids is 5. The van der Waals surface area contributed by atoms with Gasteiger partial charge in [0, 0.05) is 18.9 Å². The SMILES string of the molecule is CC(=O)N1c2ccccc2N(CC(=O)NC2(C=O)CC2C(=O)O)C(=O)[C@@]2(NC(=O)c3ccc4c(c3)OCO4)C[C@H]12. The van der Waals surface area contributed by atoms with Crippen LogP contribution in [-0.2, 0) is 24.0 Å². The zero-order valence-electron chi connectivity index (χ0n) is 21.2. The van der Waals surface area contributed by atoms with E-state index in [-0.39, 0.29) is 36.8 Å². The van der Waals surface area contributed by atoms with Crippen LogP contribution in [0.15, 0.2) is 42.5 Å². The van der Waals surface area contributed by atoms with Gasteiger partial charge in [0.25, 0.3) is 11.8 Å². The van der Waals surface area contributed by atoms with Gasteiger partial charge in [0.05, 0.1) is 23.3 Å². The van der Waals surface area contributed by atoms with E-state index in [2.05, 4.69) is 10.6 Å². The molecule has 4 aliphatic rings. The zero-order valence-corrected chi connectivity index (χ0v) is 21.2. The van der Waals surface area contributed by atoms with Crippen molar-refractivity contribution in [3.05, 3.63) is 48.0 Å². The molecule has 13 nitrogen and oxygen atoms in total. The molecule has 13 heteroatoms. The normalized spacial score (nSPS) is 27.1. The number of rotatable bonds is 7. The lowest BCUT2D eigenvalue weighted by Crippen LogP contribution is -2.56. The number of carboxylic acids is 1. The lowest BCUT2D eigenvalue weighted by molar-refractivity contribution is -0.140. The lowest BCUT2D eigenvalue weighted by Gasteiger charge is -2.27. The average Bonchev–Trinajstić information content (AvgIpc) is 3.77. The molecule has 0 bridgehead atoms. The van der Waals surface area contributed by atoms with Crippen LogP contribution in [0.1, 0.15) is 30.1 Å². The van der Waals surface area contributed by atoms with E-state index in [9.17, 15) is 33.9 Å². The van der Waals surface area contributed by atoms with Crippen LogP contribution in [0.25, 0.3) is 0 Å². The van der Waals surface area contributed by atoms with Gasteiger partial charge in [0.2, 0.25) is 18.6 Å². The van der Waals surface area contributed by atoms with Gasteiger partial charge in [-0.05, 0) is 36.8 Å². The second-order valence-electron chi connectivity index (χ2n) is 10.3. The van der Waals surface area contributed by atoms with Crippen LogP contribution < -0.4 is 29.9 Å². The van der Waals surface area contributed by atoms with E-state index in [1.165, 1.54) is 24.0 Å². The monoisotopic (exact) mass is 548 g/mol. The fraction of sp³-hybridized carbons (Fsp3) is 0.333. The van der Waals surface area contributed by atoms with Crippen molar-refractivity contribution in [1.29, 1.82) is 0 Å². The van der Waals surface area contributed by atoms with Crippen LogP contribution >= 0.6 is 0 Å². The Morgan fingerprint density at radius 1 is 1.05 bits per heavy atom. The fourth-order valence-electron chi connectivity index (χ4n) is 5.58. The molecule has 2 heterocycles. The summed E-state index contributed by atoms with van der Waals surface area (Å²) in [6, 6.07) is 10.4. The Labute approximate surface area is 227 Å². The highest BCUT2D eigenvalue weighted by molar-refractivity contribution is 6.16. The number of amides is 4. The Hall–Kier alpha value is -4.94. The molecule has 2 aromatic carbocycles. The van der Waals surface area contributed by atoms with E-state index >= 15 is 0 Å². The van der Waals surface area contributed by atoms with E-state index in [1.807, 2.05) is 0 Å². The maximum Gasteiger partial charge on any atom is 0.309 e. The second kappa shape index (κ2) is 8.79. The highest BCUT2D eigenvalue weighted by Crippen LogP contribution is 2.50. The first-order valence-electron chi connectivity index (χ1n) is 12.5. The number of benzene rings is 2. The van der Waals surface area contributed by atoms with Gasteiger partial charge in [-0.25, -0.2) is 0 Å². The van der Waals surface area contributed by atoms with Crippen LogP contribution in [0.4, 0.5) is 11.4 Å². The van der Waals surface area contributed by atoms with Gasteiger partial charge in [0.15, 0.2) is 11.5 Å². The smallest absolute Gasteiger partial charge is 0.309 e. The summed E-state index contributed by atoms with van der Waals surface area (Å²) in [5.74, 6) is -3.75. The number of carbonyl (C=O) groups is 6. The van der Waals surface area contributed by atoms with Crippen molar-refractivity contribution in [2.24, 2.45) is 5.92 Å². The molecule has 206 valence electrons. The first kappa shape index (κ1) is 25.3. The molecule has 2 saturated carbocycles. The molecule has 4 atom stereocenters. The molecule has 3 N–H and O–H groups in total. The summed E-state index contributed by atoms with van der Waals surface area (Å²) in [5.41, 5.74) is -2.25. The number of carboxylic acid groups (broad SMARTS) is 1. The van der Waals surface area contributed by atoms with Gasteiger partial charge in [-0.1, -0.05) is 12.1 Å². The molecule has 2 unspecified atom stereocenters. The van der Waals surface area contributed by atoms with Crippen molar-refractivity contribution in [2.45, 2.75) is 36.9 Å². The summed E-state index contributed by atoms with van der Waals surface area (Å²) < 4.78 is 10.6. The molecule has 0 aromatic heterocycles. The number of anilines is 2. The molecule has 0 saturated heterocycles. The lowest BCUT2D eigenvalue weighted by atomic mass is 10.1. The highest BCUT2D eigenvalue weighted by Gasteiger charge is 2.68. The van der Waals surface area contributed by atoms with Gasteiger partial charge in [-0.15, -0.1) is 0 Å². The van der Waals surface area contributed by atoms with Crippen LogP contribution in [0.2, 0.25) is 0 Å². The molecule has 40 heavy (non-hydrogen) atoms. The summed E-state index contributed by atoms with van der Waals surface area (Å²) in [7, 11) is 0. The number of hydrogen-bond donors (Lipinski definition) is 3. The maximum absolute atomic E-state index is 14.1. The first-order valence-corrected chi connectivity index (χ1v) is 12.5. The highest BCUT2D eigenvalue weighted by atomic mass is 16.7.